The Morgan fingerprint density at radius 1 is 1.10 bits per heavy atom. The van der Waals surface area contributed by atoms with Gasteiger partial charge in [-0.25, -0.2) is 0 Å². The largest absolute Gasteiger partial charge is 0.494 e. The second-order valence-electron chi connectivity index (χ2n) is 6.46. The van der Waals surface area contributed by atoms with Crippen molar-refractivity contribution in [3.8, 4) is 5.75 Å². The predicted molar refractivity (Wildman–Crippen MR) is 86.8 cm³/mol. The fourth-order valence-corrected chi connectivity index (χ4v) is 3.90. The number of rotatable bonds is 5. The van der Waals surface area contributed by atoms with Crippen LogP contribution in [0.1, 0.15) is 38.5 Å². The van der Waals surface area contributed by atoms with Crippen molar-refractivity contribution in [2.45, 2.75) is 44.1 Å². The summed E-state index contributed by atoms with van der Waals surface area (Å²) in [6.45, 7) is 5.53. The number of ether oxygens (including phenoxy) is 1. The second kappa shape index (κ2) is 7.28. The molecule has 0 radical (unpaired) electrons. The van der Waals surface area contributed by atoms with E-state index in [9.17, 15) is 0 Å². The van der Waals surface area contributed by atoms with Gasteiger partial charge in [-0.2, -0.15) is 0 Å². The Bertz CT molecular complexity index is 406. The maximum absolute atomic E-state index is 5.83. The van der Waals surface area contributed by atoms with Gasteiger partial charge < -0.3 is 10.1 Å². The molecule has 1 aromatic rings. The third-order valence-corrected chi connectivity index (χ3v) is 5.05. The van der Waals surface area contributed by atoms with E-state index >= 15 is 0 Å². The van der Waals surface area contributed by atoms with Crippen LogP contribution in [0.25, 0.3) is 0 Å². The molecule has 1 aliphatic heterocycles. The Balaban J connectivity index is 1.46. The molecule has 1 N–H and O–H groups in total. The van der Waals surface area contributed by atoms with Crippen molar-refractivity contribution in [1.29, 1.82) is 0 Å². The van der Waals surface area contributed by atoms with Gasteiger partial charge >= 0.3 is 0 Å². The number of hydrogen-bond donors (Lipinski definition) is 1. The van der Waals surface area contributed by atoms with Gasteiger partial charge in [-0.3, -0.25) is 4.90 Å². The van der Waals surface area contributed by atoms with Gasteiger partial charge in [0.1, 0.15) is 5.75 Å². The molecule has 0 amide bonds. The predicted octanol–water partition coefficient (Wildman–Crippen LogP) is 3.06. The number of piperazine rings is 1. The molecule has 3 heteroatoms. The van der Waals surface area contributed by atoms with Crippen molar-refractivity contribution in [2.75, 3.05) is 32.8 Å². The van der Waals surface area contributed by atoms with Crippen LogP contribution in [0.2, 0.25) is 0 Å². The van der Waals surface area contributed by atoms with Gasteiger partial charge in [-0.15, -0.1) is 0 Å². The second-order valence-corrected chi connectivity index (χ2v) is 6.46. The molecule has 3 rings (SSSR count). The third-order valence-electron chi connectivity index (χ3n) is 5.05. The number of benzene rings is 1. The summed E-state index contributed by atoms with van der Waals surface area (Å²) in [6, 6.07) is 10.2. The van der Waals surface area contributed by atoms with Crippen LogP contribution in [-0.4, -0.2) is 43.2 Å². The molecule has 0 aromatic heterocycles. The molecule has 0 unspecified atom stereocenters. The topological polar surface area (TPSA) is 24.5 Å². The molecular formula is C18H28N2O. The van der Waals surface area contributed by atoms with Crippen LogP contribution in [-0.2, 0) is 0 Å². The first-order valence-electron chi connectivity index (χ1n) is 8.53. The van der Waals surface area contributed by atoms with Crippen LogP contribution in [0.4, 0.5) is 0 Å². The average Bonchev–Trinajstić information content (AvgIpc) is 2.55. The van der Waals surface area contributed by atoms with Crippen LogP contribution in [0.5, 0.6) is 5.75 Å². The molecular weight excluding hydrogens is 260 g/mol. The van der Waals surface area contributed by atoms with E-state index in [0.717, 1.165) is 25.3 Å². The third kappa shape index (κ3) is 3.78. The van der Waals surface area contributed by atoms with Crippen molar-refractivity contribution in [1.82, 2.24) is 10.2 Å². The van der Waals surface area contributed by atoms with E-state index in [-0.39, 0.29) is 0 Å². The Morgan fingerprint density at radius 3 is 2.71 bits per heavy atom. The molecule has 1 aliphatic carbocycles. The highest BCUT2D eigenvalue weighted by atomic mass is 16.5. The van der Waals surface area contributed by atoms with Gasteiger partial charge in [-0.05, 0) is 31.4 Å². The molecule has 2 aliphatic rings. The summed E-state index contributed by atoms with van der Waals surface area (Å²) in [5.74, 6) is 0.991. The van der Waals surface area contributed by atoms with Gasteiger partial charge in [-0.1, -0.05) is 37.5 Å². The van der Waals surface area contributed by atoms with E-state index in [1.165, 1.54) is 51.7 Å². The van der Waals surface area contributed by atoms with Crippen LogP contribution >= 0.6 is 0 Å². The molecule has 0 atom stereocenters. The van der Waals surface area contributed by atoms with E-state index < -0.39 is 0 Å². The summed E-state index contributed by atoms with van der Waals surface area (Å²) < 4.78 is 5.83. The van der Waals surface area contributed by atoms with Crippen molar-refractivity contribution in [3.63, 3.8) is 0 Å². The molecule has 3 nitrogen and oxygen atoms in total. The molecule has 2 fully saturated rings. The number of nitrogens with zero attached hydrogens (tertiary/aromatic N) is 1. The molecule has 21 heavy (non-hydrogen) atoms. The minimum Gasteiger partial charge on any atom is -0.494 e. The molecule has 116 valence electrons. The quantitative estimate of drug-likeness (QED) is 0.843. The molecule has 1 heterocycles. The first kappa shape index (κ1) is 14.9. The first-order valence-corrected chi connectivity index (χ1v) is 8.53. The zero-order chi connectivity index (χ0) is 14.4. The van der Waals surface area contributed by atoms with Gasteiger partial charge in [0.15, 0.2) is 0 Å². The zero-order valence-corrected chi connectivity index (χ0v) is 13.0. The maximum Gasteiger partial charge on any atom is 0.119 e. The molecule has 1 saturated heterocycles. The average molecular weight is 288 g/mol. The van der Waals surface area contributed by atoms with Crippen molar-refractivity contribution in [3.05, 3.63) is 30.3 Å². The van der Waals surface area contributed by atoms with E-state index in [1.807, 2.05) is 30.3 Å². The molecule has 0 bridgehead atoms. The number of nitrogens with one attached hydrogen (secondary N) is 1. The van der Waals surface area contributed by atoms with E-state index in [2.05, 4.69) is 10.2 Å². The Hall–Kier alpha value is -1.06. The first-order chi connectivity index (χ1) is 10.4. The summed E-state index contributed by atoms with van der Waals surface area (Å²) in [5, 5.41) is 3.62. The number of para-hydroxylation sites is 1. The standard InChI is InChI=1S/C18H28N2O/c1-3-8-17(9-4-1)21-15-7-13-20-14-12-19-16-18(20)10-5-2-6-11-18/h1,3-4,8-9,19H,2,5-7,10-16H2. The zero-order valence-electron chi connectivity index (χ0n) is 13.0. The lowest BCUT2D eigenvalue weighted by Gasteiger charge is -2.50. The highest BCUT2D eigenvalue weighted by Crippen LogP contribution is 2.34. The Morgan fingerprint density at radius 2 is 1.90 bits per heavy atom. The fraction of sp³-hybridized carbons (Fsp3) is 0.667. The fourth-order valence-electron chi connectivity index (χ4n) is 3.90. The van der Waals surface area contributed by atoms with Gasteiger partial charge in [0.25, 0.3) is 0 Å². The lowest BCUT2D eigenvalue weighted by atomic mass is 9.79. The molecule has 1 aromatic carbocycles. The van der Waals surface area contributed by atoms with Crippen LogP contribution in [0.15, 0.2) is 30.3 Å². The van der Waals surface area contributed by atoms with E-state index in [0.29, 0.717) is 5.54 Å². The summed E-state index contributed by atoms with van der Waals surface area (Å²) in [4.78, 5) is 2.75. The summed E-state index contributed by atoms with van der Waals surface area (Å²) in [6.07, 6.45) is 8.10. The van der Waals surface area contributed by atoms with E-state index in [1.54, 1.807) is 0 Å². The minimum absolute atomic E-state index is 0.448. The highest BCUT2D eigenvalue weighted by molar-refractivity contribution is 5.20. The lowest BCUT2D eigenvalue weighted by molar-refractivity contribution is 0.0242. The summed E-state index contributed by atoms with van der Waals surface area (Å²) in [7, 11) is 0. The van der Waals surface area contributed by atoms with Crippen molar-refractivity contribution >= 4 is 0 Å². The van der Waals surface area contributed by atoms with Crippen LogP contribution in [0.3, 0.4) is 0 Å². The van der Waals surface area contributed by atoms with Gasteiger partial charge in [0.2, 0.25) is 0 Å². The summed E-state index contributed by atoms with van der Waals surface area (Å²) in [5.41, 5.74) is 0.448. The Kier molecular flexibility index (Phi) is 5.15. The Labute approximate surface area is 128 Å². The summed E-state index contributed by atoms with van der Waals surface area (Å²) >= 11 is 0. The van der Waals surface area contributed by atoms with Crippen molar-refractivity contribution < 1.29 is 4.74 Å². The number of hydrogen-bond acceptors (Lipinski definition) is 3. The minimum atomic E-state index is 0.448. The smallest absolute Gasteiger partial charge is 0.119 e. The van der Waals surface area contributed by atoms with E-state index in [4.69, 9.17) is 4.74 Å². The normalized spacial score (nSPS) is 22.3. The monoisotopic (exact) mass is 288 g/mol. The SMILES string of the molecule is c1ccc(OCCCN2CCNCC23CCCCC3)cc1. The molecule has 1 saturated carbocycles. The van der Waals surface area contributed by atoms with Crippen LogP contribution in [0, 0.1) is 0 Å². The van der Waals surface area contributed by atoms with Gasteiger partial charge in [0, 0.05) is 31.7 Å². The lowest BCUT2D eigenvalue weighted by Crippen LogP contribution is -2.62. The highest BCUT2D eigenvalue weighted by Gasteiger charge is 2.39. The molecule has 1 spiro atoms. The maximum atomic E-state index is 5.83. The van der Waals surface area contributed by atoms with Crippen LogP contribution < -0.4 is 10.1 Å². The van der Waals surface area contributed by atoms with Crippen molar-refractivity contribution in [2.24, 2.45) is 0 Å². The van der Waals surface area contributed by atoms with Gasteiger partial charge in [0.05, 0.1) is 6.61 Å².